The lowest BCUT2D eigenvalue weighted by Gasteiger charge is -2.20. The second kappa shape index (κ2) is 7.95. The van der Waals surface area contributed by atoms with Gasteiger partial charge in [0.05, 0.1) is 6.04 Å². The molecular weight excluding hydrogens is 326 g/mol. The van der Waals surface area contributed by atoms with Gasteiger partial charge in [0.2, 0.25) is 11.8 Å². The summed E-state index contributed by atoms with van der Waals surface area (Å²) >= 11 is 5.88. The number of hydrogen-bond acceptors (Lipinski definition) is 3. The number of benzene rings is 2. The predicted octanol–water partition coefficient (Wildman–Crippen LogP) is 3.12. The van der Waals surface area contributed by atoms with Crippen LogP contribution >= 0.6 is 11.6 Å². The molecule has 2 atom stereocenters. The lowest BCUT2D eigenvalue weighted by Crippen LogP contribution is -2.39. The highest BCUT2D eigenvalue weighted by atomic mass is 35.5. The van der Waals surface area contributed by atoms with Crippen LogP contribution in [0.3, 0.4) is 0 Å². The number of amides is 2. The quantitative estimate of drug-likeness (QED) is 0.752. The molecule has 0 spiro atoms. The van der Waals surface area contributed by atoms with E-state index >= 15 is 0 Å². The van der Waals surface area contributed by atoms with Crippen molar-refractivity contribution >= 4 is 29.1 Å². The van der Waals surface area contributed by atoms with Crippen molar-refractivity contribution in [3.05, 3.63) is 64.7 Å². The normalized spacial score (nSPS) is 13.1. The van der Waals surface area contributed by atoms with Crippen LogP contribution in [0, 0.1) is 0 Å². The van der Waals surface area contributed by atoms with Gasteiger partial charge in [-0.25, -0.2) is 0 Å². The maximum absolute atomic E-state index is 12.3. The molecule has 0 heterocycles. The highest BCUT2D eigenvalue weighted by Crippen LogP contribution is 2.17. The standard InChI is InChI=1S/C18H20ClN3O2/c1-11(13-3-7-15(19)8-4-13)21-12(2)18(24)22-16-9-5-14(6-10-16)17(20)23/h3-12,21H,1-2H3,(H2,20,23)(H,22,24)/t11-,12+/m1/s1. The van der Waals surface area contributed by atoms with Gasteiger partial charge in [0.1, 0.15) is 0 Å². The molecule has 0 fully saturated rings. The minimum atomic E-state index is -0.500. The summed E-state index contributed by atoms with van der Waals surface area (Å²) in [5.41, 5.74) is 7.24. The van der Waals surface area contributed by atoms with Crippen LogP contribution in [0.2, 0.25) is 5.02 Å². The largest absolute Gasteiger partial charge is 0.366 e. The van der Waals surface area contributed by atoms with E-state index in [0.29, 0.717) is 16.3 Å². The molecule has 0 aliphatic rings. The molecule has 0 aliphatic carbocycles. The monoisotopic (exact) mass is 345 g/mol. The Hall–Kier alpha value is -2.37. The highest BCUT2D eigenvalue weighted by molar-refractivity contribution is 6.30. The lowest BCUT2D eigenvalue weighted by molar-refractivity contribution is -0.117. The Labute approximate surface area is 146 Å². The number of anilines is 1. The van der Waals surface area contributed by atoms with Gasteiger partial charge in [-0.1, -0.05) is 23.7 Å². The molecule has 0 saturated heterocycles. The van der Waals surface area contributed by atoms with E-state index in [9.17, 15) is 9.59 Å². The molecule has 4 N–H and O–H groups in total. The van der Waals surface area contributed by atoms with Gasteiger partial charge in [-0.3, -0.25) is 14.9 Å². The van der Waals surface area contributed by atoms with E-state index in [1.807, 2.05) is 31.2 Å². The summed E-state index contributed by atoms with van der Waals surface area (Å²) in [6, 6.07) is 13.5. The van der Waals surface area contributed by atoms with Gasteiger partial charge >= 0.3 is 0 Å². The molecule has 126 valence electrons. The summed E-state index contributed by atoms with van der Waals surface area (Å²) in [6.45, 7) is 3.77. The Morgan fingerprint density at radius 1 is 1.00 bits per heavy atom. The van der Waals surface area contributed by atoms with Crippen LogP contribution in [0.4, 0.5) is 5.69 Å². The molecule has 6 heteroatoms. The number of carbonyl (C=O) groups is 2. The molecule has 2 aromatic carbocycles. The van der Waals surface area contributed by atoms with Crippen molar-refractivity contribution in [2.24, 2.45) is 5.73 Å². The molecule has 0 saturated carbocycles. The first kappa shape index (κ1) is 18.0. The van der Waals surface area contributed by atoms with E-state index in [-0.39, 0.29) is 11.9 Å². The van der Waals surface area contributed by atoms with Crippen LogP contribution in [0.1, 0.15) is 35.8 Å². The minimum absolute atomic E-state index is 0.000235. The fourth-order valence-corrected chi connectivity index (χ4v) is 2.39. The summed E-state index contributed by atoms with van der Waals surface area (Å²) < 4.78 is 0. The fourth-order valence-electron chi connectivity index (χ4n) is 2.27. The Bertz CT molecular complexity index is 714. The zero-order chi connectivity index (χ0) is 17.7. The smallest absolute Gasteiger partial charge is 0.248 e. The van der Waals surface area contributed by atoms with Gasteiger partial charge in [0, 0.05) is 22.3 Å². The van der Waals surface area contributed by atoms with Crippen molar-refractivity contribution in [2.45, 2.75) is 25.9 Å². The van der Waals surface area contributed by atoms with Crippen LogP contribution in [0.25, 0.3) is 0 Å². The van der Waals surface area contributed by atoms with Crippen molar-refractivity contribution in [3.8, 4) is 0 Å². The molecule has 5 nitrogen and oxygen atoms in total. The molecule has 2 rings (SSSR count). The van der Waals surface area contributed by atoms with Crippen molar-refractivity contribution in [3.63, 3.8) is 0 Å². The number of rotatable bonds is 6. The molecule has 24 heavy (non-hydrogen) atoms. The molecule has 0 aromatic heterocycles. The zero-order valence-electron chi connectivity index (χ0n) is 13.5. The third-order valence-corrected chi connectivity index (χ3v) is 3.95. The van der Waals surface area contributed by atoms with Gasteiger partial charge in [0.15, 0.2) is 0 Å². The molecule has 2 aromatic rings. The predicted molar refractivity (Wildman–Crippen MR) is 96.1 cm³/mol. The lowest BCUT2D eigenvalue weighted by atomic mass is 10.1. The third-order valence-electron chi connectivity index (χ3n) is 3.70. The van der Waals surface area contributed by atoms with Gasteiger partial charge in [-0.15, -0.1) is 0 Å². The topological polar surface area (TPSA) is 84.2 Å². The first-order valence-corrected chi connectivity index (χ1v) is 7.97. The molecule has 0 radical (unpaired) electrons. The second-order valence-corrected chi connectivity index (χ2v) is 6.03. The average Bonchev–Trinajstić information content (AvgIpc) is 2.55. The number of nitrogens with two attached hydrogens (primary N) is 1. The average molecular weight is 346 g/mol. The Balaban J connectivity index is 1.93. The van der Waals surface area contributed by atoms with Crippen molar-refractivity contribution < 1.29 is 9.59 Å². The fraction of sp³-hybridized carbons (Fsp3) is 0.222. The third kappa shape index (κ3) is 4.81. The van der Waals surface area contributed by atoms with Crippen LogP contribution in [-0.4, -0.2) is 17.9 Å². The van der Waals surface area contributed by atoms with Crippen LogP contribution < -0.4 is 16.4 Å². The van der Waals surface area contributed by atoms with E-state index in [0.717, 1.165) is 5.56 Å². The van der Waals surface area contributed by atoms with Crippen LogP contribution in [-0.2, 0) is 4.79 Å². The van der Waals surface area contributed by atoms with Gasteiger partial charge < -0.3 is 11.1 Å². The van der Waals surface area contributed by atoms with Crippen LogP contribution in [0.15, 0.2) is 48.5 Å². The van der Waals surface area contributed by atoms with E-state index in [1.54, 1.807) is 31.2 Å². The van der Waals surface area contributed by atoms with E-state index in [4.69, 9.17) is 17.3 Å². The van der Waals surface area contributed by atoms with Gasteiger partial charge in [-0.2, -0.15) is 0 Å². The number of hydrogen-bond donors (Lipinski definition) is 3. The van der Waals surface area contributed by atoms with Crippen LogP contribution in [0.5, 0.6) is 0 Å². The number of nitrogens with one attached hydrogen (secondary N) is 2. The number of halogens is 1. The Morgan fingerprint density at radius 3 is 2.12 bits per heavy atom. The maximum atomic E-state index is 12.3. The molecule has 0 unspecified atom stereocenters. The number of primary amides is 1. The molecule has 2 amide bonds. The summed E-state index contributed by atoms with van der Waals surface area (Å²) in [5, 5.41) is 6.71. The summed E-state index contributed by atoms with van der Waals surface area (Å²) in [4.78, 5) is 23.3. The van der Waals surface area contributed by atoms with E-state index < -0.39 is 11.9 Å². The minimum Gasteiger partial charge on any atom is -0.366 e. The summed E-state index contributed by atoms with van der Waals surface area (Å²) in [7, 11) is 0. The van der Waals surface area contributed by atoms with Crippen molar-refractivity contribution in [1.29, 1.82) is 0 Å². The number of carbonyl (C=O) groups excluding carboxylic acids is 2. The van der Waals surface area contributed by atoms with Gasteiger partial charge in [-0.05, 0) is 55.8 Å². The van der Waals surface area contributed by atoms with Gasteiger partial charge in [0.25, 0.3) is 0 Å². The Kier molecular flexibility index (Phi) is 5.95. The first-order chi connectivity index (χ1) is 11.4. The van der Waals surface area contributed by atoms with E-state index in [2.05, 4.69) is 10.6 Å². The molecule has 0 bridgehead atoms. The zero-order valence-corrected chi connectivity index (χ0v) is 14.3. The summed E-state index contributed by atoms with van der Waals surface area (Å²) in [6.07, 6.45) is 0. The maximum Gasteiger partial charge on any atom is 0.248 e. The molecular formula is C18H20ClN3O2. The first-order valence-electron chi connectivity index (χ1n) is 7.59. The van der Waals surface area contributed by atoms with Crippen molar-refractivity contribution in [1.82, 2.24) is 5.32 Å². The highest BCUT2D eigenvalue weighted by Gasteiger charge is 2.16. The summed E-state index contributed by atoms with van der Waals surface area (Å²) in [5.74, 6) is -0.665. The van der Waals surface area contributed by atoms with E-state index in [1.165, 1.54) is 0 Å². The SMILES string of the molecule is C[C@H](N[C@H](C)c1ccc(Cl)cc1)C(=O)Nc1ccc(C(N)=O)cc1. The Morgan fingerprint density at radius 2 is 1.58 bits per heavy atom. The second-order valence-electron chi connectivity index (χ2n) is 5.59. The molecule has 0 aliphatic heterocycles. The van der Waals surface area contributed by atoms with Crippen molar-refractivity contribution in [2.75, 3.05) is 5.32 Å².